The number of aliphatic hydroxyl groups is 2. The molecule has 0 saturated carbocycles. The number of amides is 1. The van der Waals surface area contributed by atoms with E-state index in [1.54, 1.807) is 4.90 Å². The number of carbonyl (C=O) groups is 1. The Labute approximate surface area is 90.1 Å². The molecule has 5 heteroatoms. The normalized spacial score (nSPS) is 22.1. The quantitative estimate of drug-likeness (QED) is 0.580. The van der Waals surface area contributed by atoms with Gasteiger partial charge in [0.25, 0.3) is 5.91 Å². The summed E-state index contributed by atoms with van der Waals surface area (Å²) in [6.45, 7) is 3.08. The second-order valence-corrected chi connectivity index (χ2v) is 4.05. The van der Waals surface area contributed by atoms with Crippen LogP contribution in [0, 0.1) is 0 Å². The molecular formula is C10H20N2O3. The van der Waals surface area contributed by atoms with Gasteiger partial charge in [0.05, 0.1) is 6.61 Å². The summed E-state index contributed by atoms with van der Waals surface area (Å²) >= 11 is 0. The SMILES string of the molecule is CC(O)(C(=O)NCCO)N1CCCCC1. The molecule has 0 aromatic rings. The predicted molar refractivity (Wildman–Crippen MR) is 56.1 cm³/mol. The molecule has 0 bridgehead atoms. The van der Waals surface area contributed by atoms with Crippen molar-refractivity contribution >= 4 is 5.91 Å². The van der Waals surface area contributed by atoms with E-state index in [1.807, 2.05) is 0 Å². The molecule has 0 aromatic carbocycles. The van der Waals surface area contributed by atoms with Gasteiger partial charge in [-0.3, -0.25) is 9.69 Å². The monoisotopic (exact) mass is 216 g/mol. The number of carbonyl (C=O) groups excluding carboxylic acids is 1. The lowest BCUT2D eigenvalue weighted by molar-refractivity contribution is -0.161. The van der Waals surface area contributed by atoms with Crippen molar-refractivity contribution in [3.63, 3.8) is 0 Å². The zero-order valence-corrected chi connectivity index (χ0v) is 9.20. The van der Waals surface area contributed by atoms with E-state index < -0.39 is 11.6 Å². The van der Waals surface area contributed by atoms with Gasteiger partial charge in [-0.25, -0.2) is 0 Å². The highest BCUT2D eigenvalue weighted by atomic mass is 16.3. The van der Waals surface area contributed by atoms with E-state index in [0.717, 1.165) is 32.4 Å². The summed E-state index contributed by atoms with van der Waals surface area (Å²) in [4.78, 5) is 13.4. The number of hydrogen-bond donors (Lipinski definition) is 3. The van der Waals surface area contributed by atoms with Crippen LogP contribution < -0.4 is 5.32 Å². The second-order valence-electron chi connectivity index (χ2n) is 4.05. The molecule has 88 valence electrons. The molecule has 1 amide bonds. The topological polar surface area (TPSA) is 72.8 Å². The van der Waals surface area contributed by atoms with Crippen LogP contribution >= 0.6 is 0 Å². The number of rotatable bonds is 4. The van der Waals surface area contributed by atoms with Crippen molar-refractivity contribution in [1.29, 1.82) is 0 Å². The van der Waals surface area contributed by atoms with E-state index in [1.165, 1.54) is 6.92 Å². The molecule has 5 nitrogen and oxygen atoms in total. The summed E-state index contributed by atoms with van der Waals surface area (Å²) in [5.74, 6) is -0.432. The molecule has 0 aliphatic carbocycles. The van der Waals surface area contributed by atoms with E-state index in [-0.39, 0.29) is 13.2 Å². The highest BCUT2D eigenvalue weighted by Gasteiger charge is 2.37. The zero-order valence-electron chi connectivity index (χ0n) is 9.20. The molecule has 1 saturated heterocycles. The summed E-state index contributed by atoms with van der Waals surface area (Å²) < 4.78 is 0. The Kier molecular flexibility index (Phi) is 4.50. The number of likely N-dealkylation sites (tertiary alicyclic amines) is 1. The first-order chi connectivity index (χ1) is 7.09. The average Bonchev–Trinajstić information content (AvgIpc) is 2.27. The summed E-state index contributed by atoms with van der Waals surface area (Å²) in [6.07, 6.45) is 3.19. The molecule has 1 unspecified atom stereocenters. The van der Waals surface area contributed by atoms with E-state index in [2.05, 4.69) is 5.32 Å². The number of nitrogens with zero attached hydrogens (tertiary/aromatic N) is 1. The third-order valence-electron chi connectivity index (χ3n) is 2.80. The Hall–Kier alpha value is -0.650. The molecule has 1 heterocycles. The Morgan fingerprint density at radius 2 is 2.00 bits per heavy atom. The summed E-state index contributed by atoms with van der Waals surface area (Å²) in [5, 5.41) is 21.1. The first-order valence-electron chi connectivity index (χ1n) is 5.45. The first kappa shape index (κ1) is 12.4. The molecule has 1 aliphatic heterocycles. The standard InChI is InChI=1S/C10H20N2O3/c1-10(15,9(14)11-5-8-13)12-6-3-2-4-7-12/h13,15H,2-8H2,1H3,(H,11,14). The molecule has 0 radical (unpaired) electrons. The van der Waals surface area contributed by atoms with Crippen molar-refractivity contribution in [2.75, 3.05) is 26.2 Å². The van der Waals surface area contributed by atoms with Crippen molar-refractivity contribution in [2.24, 2.45) is 0 Å². The van der Waals surface area contributed by atoms with Crippen molar-refractivity contribution < 1.29 is 15.0 Å². The lowest BCUT2D eigenvalue weighted by Crippen LogP contribution is -2.58. The molecule has 15 heavy (non-hydrogen) atoms. The maximum Gasteiger partial charge on any atom is 0.267 e. The molecule has 1 aliphatic rings. The molecule has 0 spiro atoms. The fraction of sp³-hybridized carbons (Fsp3) is 0.900. The van der Waals surface area contributed by atoms with Crippen LogP contribution in [0.2, 0.25) is 0 Å². The smallest absolute Gasteiger partial charge is 0.267 e. The van der Waals surface area contributed by atoms with Gasteiger partial charge in [-0.1, -0.05) is 6.42 Å². The third kappa shape index (κ3) is 3.15. The Balaban J connectivity index is 2.51. The zero-order chi connectivity index (χ0) is 11.3. The maximum atomic E-state index is 11.6. The summed E-state index contributed by atoms with van der Waals surface area (Å²) in [6, 6.07) is 0. The van der Waals surface area contributed by atoms with Crippen molar-refractivity contribution in [3.05, 3.63) is 0 Å². The molecule has 3 N–H and O–H groups in total. The van der Waals surface area contributed by atoms with Gasteiger partial charge in [-0.15, -0.1) is 0 Å². The second kappa shape index (κ2) is 5.44. The average molecular weight is 216 g/mol. The van der Waals surface area contributed by atoms with Crippen LogP contribution in [0.3, 0.4) is 0 Å². The summed E-state index contributed by atoms with van der Waals surface area (Å²) in [7, 11) is 0. The minimum Gasteiger partial charge on any atom is -0.395 e. The first-order valence-corrected chi connectivity index (χ1v) is 5.45. The highest BCUT2D eigenvalue weighted by molar-refractivity contribution is 5.83. The van der Waals surface area contributed by atoms with Crippen LogP contribution in [0.25, 0.3) is 0 Å². The Bertz CT molecular complexity index is 213. The van der Waals surface area contributed by atoms with Crippen molar-refractivity contribution in [3.8, 4) is 0 Å². The molecule has 1 fully saturated rings. The molecule has 0 aromatic heterocycles. The van der Waals surface area contributed by atoms with Gasteiger partial charge < -0.3 is 15.5 Å². The Morgan fingerprint density at radius 3 is 2.53 bits per heavy atom. The lowest BCUT2D eigenvalue weighted by atomic mass is 10.1. The van der Waals surface area contributed by atoms with Crippen LogP contribution in [-0.4, -0.2) is 53.0 Å². The van der Waals surface area contributed by atoms with Gasteiger partial charge in [-0.2, -0.15) is 0 Å². The van der Waals surface area contributed by atoms with Gasteiger partial charge in [0, 0.05) is 19.6 Å². The Morgan fingerprint density at radius 1 is 1.40 bits per heavy atom. The van der Waals surface area contributed by atoms with Gasteiger partial charge in [0.15, 0.2) is 5.72 Å². The van der Waals surface area contributed by atoms with Crippen LogP contribution in [0.5, 0.6) is 0 Å². The van der Waals surface area contributed by atoms with Gasteiger partial charge in [-0.05, 0) is 19.8 Å². The van der Waals surface area contributed by atoms with Crippen LogP contribution in [0.15, 0.2) is 0 Å². The van der Waals surface area contributed by atoms with Crippen LogP contribution in [0.1, 0.15) is 26.2 Å². The largest absolute Gasteiger partial charge is 0.395 e. The van der Waals surface area contributed by atoms with Crippen LogP contribution in [0.4, 0.5) is 0 Å². The number of hydrogen-bond acceptors (Lipinski definition) is 4. The van der Waals surface area contributed by atoms with E-state index in [9.17, 15) is 9.90 Å². The van der Waals surface area contributed by atoms with E-state index in [4.69, 9.17) is 5.11 Å². The fourth-order valence-corrected chi connectivity index (χ4v) is 1.81. The van der Waals surface area contributed by atoms with Gasteiger partial charge in [0.2, 0.25) is 0 Å². The fourth-order valence-electron chi connectivity index (χ4n) is 1.81. The lowest BCUT2D eigenvalue weighted by Gasteiger charge is -2.37. The molecular weight excluding hydrogens is 196 g/mol. The maximum absolute atomic E-state index is 11.6. The van der Waals surface area contributed by atoms with Gasteiger partial charge >= 0.3 is 0 Å². The molecule has 1 rings (SSSR count). The van der Waals surface area contributed by atoms with Gasteiger partial charge in [0.1, 0.15) is 0 Å². The summed E-state index contributed by atoms with van der Waals surface area (Å²) in [5.41, 5.74) is -1.45. The highest BCUT2D eigenvalue weighted by Crippen LogP contribution is 2.18. The number of aliphatic hydroxyl groups excluding tert-OH is 1. The predicted octanol–water partition coefficient (Wildman–Crippen LogP) is -0.711. The minimum absolute atomic E-state index is 0.109. The molecule has 1 atom stereocenters. The van der Waals surface area contributed by atoms with E-state index in [0.29, 0.717) is 0 Å². The minimum atomic E-state index is -1.45. The number of piperidine rings is 1. The van der Waals surface area contributed by atoms with Crippen molar-refractivity contribution in [2.45, 2.75) is 31.9 Å². The van der Waals surface area contributed by atoms with Crippen molar-refractivity contribution in [1.82, 2.24) is 10.2 Å². The third-order valence-corrected chi connectivity index (χ3v) is 2.80. The van der Waals surface area contributed by atoms with Crippen LogP contribution in [-0.2, 0) is 4.79 Å². The van der Waals surface area contributed by atoms with E-state index >= 15 is 0 Å². The number of nitrogens with one attached hydrogen (secondary N) is 1.